The van der Waals surface area contributed by atoms with Crippen LogP contribution in [0, 0.1) is 5.92 Å². The Morgan fingerprint density at radius 2 is 1.91 bits per heavy atom. The third-order valence-corrected chi connectivity index (χ3v) is 3.55. The third-order valence-electron chi connectivity index (χ3n) is 3.55. The van der Waals surface area contributed by atoms with Crippen molar-refractivity contribution in [3.05, 3.63) is 42.0 Å². The average molecular weight is 317 g/mol. The summed E-state index contributed by atoms with van der Waals surface area (Å²) in [5, 5.41) is 2.18. The SMILES string of the molecule is COc1ccc(C(=O)NC(=O)COC(=O)C2CC=CCC2)cc1. The number of esters is 1. The van der Waals surface area contributed by atoms with Crippen molar-refractivity contribution < 1.29 is 23.9 Å². The summed E-state index contributed by atoms with van der Waals surface area (Å²) >= 11 is 0. The fraction of sp³-hybridized carbons (Fsp3) is 0.353. The largest absolute Gasteiger partial charge is 0.497 e. The lowest BCUT2D eigenvalue weighted by Crippen LogP contribution is -2.35. The Labute approximate surface area is 134 Å². The summed E-state index contributed by atoms with van der Waals surface area (Å²) in [5.41, 5.74) is 0.322. The lowest BCUT2D eigenvalue weighted by atomic mass is 9.95. The van der Waals surface area contributed by atoms with Crippen LogP contribution in [0.3, 0.4) is 0 Å². The van der Waals surface area contributed by atoms with Gasteiger partial charge < -0.3 is 9.47 Å². The first kappa shape index (κ1) is 16.7. The Morgan fingerprint density at radius 3 is 2.52 bits per heavy atom. The number of carbonyl (C=O) groups is 3. The van der Waals surface area contributed by atoms with E-state index < -0.39 is 24.4 Å². The quantitative estimate of drug-likeness (QED) is 0.662. The van der Waals surface area contributed by atoms with E-state index in [1.165, 1.54) is 7.11 Å². The van der Waals surface area contributed by atoms with Gasteiger partial charge in [0.2, 0.25) is 0 Å². The van der Waals surface area contributed by atoms with Crippen molar-refractivity contribution in [2.24, 2.45) is 5.92 Å². The number of amides is 2. The van der Waals surface area contributed by atoms with Gasteiger partial charge in [0, 0.05) is 5.56 Å². The smallest absolute Gasteiger partial charge is 0.309 e. The molecule has 0 bridgehead atoms. The van der Waals surface area contributed by atoms with Gasteiger partial charge in [0.15, 0.2) is 6.61 Å². The molecule has 0 aliphatic heterocycles. The average Bonchev–Trinajstić information content (AvgIpc) is 2.60. The minimum Gasteiger partial charge on any atom is -0.497 e. The molecule has 0 spiro atoms. The highest BCUT2D eigenvalue weighted by Gasteiger charge is 2.21. The summed E-state index contributed by atoms with van der Waals surface area (Å²) in [4.78, 5) is 35.4. The zero-order chi connectivity index (χ0) is 16.7. The highest BCUT2D eigenvalue weighted by Crippen LogP contribution is 2.19. The van der Waals surface area contributed by atoms with Crippen LogP contribution in [0.1, 0.15) is 29.6 Å². The van der Waals surface area contributed by atoms with Gasteiger partial charge in [-0.05, 0) is 43.5 Å². The number of benzene rings is 1. The van der Waals surface area contributed by atoms with E-state index in [4.69, 9.17) is 9.47 Å². The molecule has 23 heavy (non-hydrogen) atoms. The van der Waals surface area contributed by atoms with Crippen LogP contribution < -0.4 is 10.1 Å². The summed E-state index contributed by atoms with van der Waals surface area (Å²) in [6.45, 7) is -0.457. The first-order chi connectivity index (χ1) is 11.1. The number of hydrogen-bond acceptors (Lipinski definition) is 5. The van der Waals surface area contributed by atoms with E-state index in [1.807, 2.05) is 12.2 Å². The molecule has 1 unspecified atom stereocenters. The molecule has 122 valence electrons. The highest BCUT2D eigenvalue weighted by molar-refractivity contribution is 6.05. The minimum absolute atomic E-state index is 0.204. The molecule has 0 aromatic heterocycles. The van der Waals surface area contributed by atoms with Crippen molar-refractivity contribution >= 4 is 17.8 Å². The number of imide groups is 1. The van der Waals surface area contributed by atoms with Crippen LogP contribution in [-0.4, -0.2) is 31.5 Å². The Balaban J connectivity index is 1.78. The summed E-state index contributed by atoms with van der Waals surface area (Å²) in [5.74, 6) is -1.19. The first-order valence-corrected chi connectivity index (χ1v) is 7.40. The van der Waals surface area contributed by atoms with Gasteiger partial charge in [0.1, 0.15) is 5.75 Å². The standard InChI is InChI=1S/C17H19NO5/c1-22-14-9-7-12(8-10-14)16(20)18-15(19)11-23-17(21)13-5-3-2-4-6-13/h2-3,7-10,13H,4-6,11H2,1H3,(H,18,19,20). The lowest BCUT2D eigenvalue weighted by Gasteiger charge is -2.16. The van der Waals surface area contributed by atoms with Crippen molar-refractivity contribution in [3.8, 4) is 5.75 Å². The Bertz CT molecular complexity index is 606. The van der Waals surface area contributed by atoms with Crippen LogP contribution in [0.5, 0.6) is 5.75 Å². The van der Waals surface area contributed by atoms with Crippen molar-refractivity contribution in [2.45, 2.75) is 19.3 Å². The Kier molecular flexibility index (Phi) is 5.91. The molecule has 2 amide bonds. The fourth-order valence-electron chi connectivity index (χ4n) is 2.24. The van der Waals surface area contributed by atoms with Crippen molar-refractivity contribution in [2.75, 3.05) is 13.7 Å². The van der Waals surface area contributed by atoms with E-state index in [-0.39, 0.29) is 5.92 Å². The van der Waals surface area contributed by atoms with Gasteiger partial charge in [0.25, 0.3) is 11.8 Å². The molecule has 1 N–H and O–H groups in total. The van der Waals surface area contributed by atoms with Crippen LogP contribution in [0.2, 0.25) is 0 Å². The molecule has 6 heteroatoms. The van der Waals surface area contributed by atoms with E-state index in [0.717, 1.165) is 12.8 Å². The van der Waals surface area contributed by atoms with Gasteiger partial charge in [-0.1, -0.05) is 12.2 Å². The Morgan fingerprint density at radius 1 is 1.17 bits per heavy atom. The monoisotopic (exact) mass is 317 g/mol. The molecular weight excluding hydrogens is 298 g/mol. The van der Waals surface area contributed by atoms with E-state index in [1.54, 1.807) is 24.3 Å². The molecule has 1 atom stereocenters. The topological polar surface area (TPSA) is 81.7 Å². The van der Waals surface area contributed by atoms with Gasteiger partial charge in [-0.3, -0.25) is 19.7 Å². The number of methoxy groups -OCH3 is 1. The van der Waals surface area contributed by atoms with E-state index in [9.17, 15) is 14.4 Å². The Hall–Kier alpha value is -2.63. The fourth-order valence-corrected chi connectivity index (χ4v) is 2.24. The molecular formula is C17H19NO5. The van der Waals surface area contributed by atoms with E-state index in [0.29, 0.717) is 17.7 Å². The molecule has 0 saturated carbocycles. The molecule has 1 aromatic rings. The number of ether oxygens (including phenoxy) is 2. The van der Waals surface area contributed by atoms with Gasteiger partial charge >= 0.3 is 5.97 Å². The molecule has 2 rings (SSSR count). The molecule has 0 radical (unpaired) electrons. The second kappa shape index (κ2) is 8.12. The van der Waals surface area contributed by atoms with E-state index in [2.05, 4.69) is 5.32 Å². The molecule has 0 heterocycles. The predicted molar refractivity (Wildman–Crippen MR) is 82.9 cm³/mol. The maximum absolute atomic E-state index is 11.9. The molecule has 1 aromatic carbocycles. The molecule has 1 aliphatic carbocycles. The summed E-state index contributed by atoms with van der Waals surface area (Å²) in [6.07, 6.45) is 6.14. The maximum atomic E-state index is 11.9. The molecule has 0 fully saturated rings. The first-order valence-electron chi connectivity index (χ1n) is 7.40. The number of rotatable bonds is 5. The van der Waals surface area contributed by atoms with Crippen LogP contribution in [0.4, 0.5) is 0 Å². The number of carbonyl (C=O) groups excluding carboxylic acids is 3. The third kappa shape index (κ3) is 4.95. The summed E-state index contributed by atoms with van der Waals surface area (Å²) in [7, 11) is 1.52. The molecule has 1 aliphatic rings. The van der Waals surface area contributed by atoms with Gasteiger partial charge in [0.05, 0.1) is 13.0 Å². The van der Waals surface area contributed by atoms with Crippen molar-refractivity contribution in [1.82, 2.24) is 5.32 Å². The molecule has 6 nitrogen and oxygen atoms in total. The van der Waals surface area contributed by atoms with Gasteiger partial charge in [-0.15, -0.1) is 0 Å². The normalized spacial score (nSPS) is 16.5. The zero-order valence-corrected chi connectivity index (χ0v) is 12.9. The van der Waals surface area contributed by atoms with Crippen LogP contribution in [-0.2, 0) is 14.3 Å². The summed E-state index contributed by atoms with van der Waals surface area (Å²) < 4.78 is 9.95. The second-order valence-corrected chi connectivity index (χ2v) is 5.19. The van der Waals surface area contributed by atoms with Gasteiger partial charge in [-0.25, -0.2) is 0 Å². The van der Waals surface area contributed by atoms with Gasteiger partial charge in [-0.2, -0.15) is 0 Å². The van der Waals surface area contributed by atoms with Crippen LogP contribution in [0.25, 0.3) is 0 Å². The lowest BCUT2D eigenvalue weighted by molar-refractivity contribution is -0.152. The number of allylic oxidation sites excluding steroid dienone is 2. The second-order valence-electron chi connectivity index (χ2n) is 5.19. The number of nitrogens with one attached hydrogen (secondary N) is 1. The maximum Gasteiger partial charge on any atom is 0.309 e. The molecule has 0 saturated heterocycles. The number of hydrogen-bond donors (Lipinski definition) is 1. The minimum atomic E-state index is -0.648. The van der Waals surface area contributed by atoms with Crippen molar-refractivity contribution in [3.63, 3.8) is 0 Å². The van der Waals surface area contributed by atoms with Crippen LogP contribution in [0.15, 0.2) is 36.4 Å². The van der Waals surface area contributed by atoms with Crippen molar-refractivity contribution in [1.29, 1.82) is 0 Å². The predicted octanol–water partition coefficient (Wildman–Crippen LogP) is 1.85. The zero-order valence-electron chi connectivity index (χ0n) is 12.9. The van der Waals surface area contributed by atoms with E-state index >= 15 is 0 Å². The highest BCUT2D eigenvalue weighted by atomic mass is 16.5. The summed E-state index contributed by atoms with van der Waals surface area (Å²) in [6, 6.07) is 6.33. The van der Waals surface area contributed by atoms with Crippen LogP contribution >= 0.6 is 0 Å².